The van der Waals surface area contributed by atoms with Crippen LogP contribution in [0.15, 0.2) is 30.3 Å². The summed E-state index contributed by atoms with van der Waals surface area (Å²) >= 11 is 0. The van der Waals surface area contributed by atoms with Gasteiger partial charge >= 0.3 is 6.09 Å². The first kappa shape index (κ1) is 18.8. The fourth-order valence-corrected chi connectivity index (χ4v) is 2.83. The van der Waals surface area contributed by atoms with Crippen LogP contribution in [0.25, 0.3) is 0 Å². The molecule has 25 heavy (non-hydrogen) atoms. The molecule has 0 saturated carbocycles. The molecule has 7 heteroatoms. The second-order valence-corrected chi connectivity index (χ2v) is 5.97. The van der Waals surface area contributed by atoms with Crippen molar-refractivity contribution in [1.82, 2.24) is 10.2 Å². The van der Waals surface area contributed by atoms with Crippen molar-refractivity contribution in [1.29, 1.82) is 0 Å². The number of carbonyl (C=O) groups excluding carboxylic acids is 3. The van der Waals surface area contributed by atoms with E-state index in [9.17, 15) is 14.4 Å². The highest BCUT2D eigenvalue weighted by Gasteiger charge is 2.25. The quantitative estimate of drug-likeness (QED) is 0.880. The number of carbonyl (C=O) groups is 3. The molecule has 1 aromatic carbocycles. The van der Waals surface area contributed by atoms with E-state index in [0.29, 0.717) is 38.2 Å². The molecule has 0 unspecified atom stereocenters. The molecule has 1 aliphatic heterocycles. The lowest BCUT2D eigenvalue weighted by Gasteiger charge is -2.32. The molecule has 136 valence electrons. The Morgan fingerprint density at radius 3 is 2.40 bits per heavy atom. The van der Waals surface area contributed by atoms with Crippen molar-refractivity contribution in [2.24, 2.45) is 0 Å². The van der Waals surface area contributed by atoms with Crippen LogP contribution >= 0.6 is 0 Å². The first-order valence-electron chi connectivity index (χ1n) is 8.55. The van der Waals surface area contributed by atoms with Crippen LogP contribution in [-0.4, -0.2) is 55.1 Å². The van der Waals surface area contributed by atoms with Gasteiger partial charge in [0.25, 0.3) is 0 Å². The summed E-state index contributed by atoms with van der Waals surface area (Å²) in [7, 11) is 0. The Hall–Kier alpha value is -2.57. The third-order valence-corrected chi connectivity index (χ3v) is 4.14. The maximum atomic E-state index is 12.3. The number of hydrogen-bond acceptors (Lipinski definition) is 4. The topological polar surface area (TPSA) is 79.0 Å². The van der Waals surface area contributed by atoms with Gasteiger partial charge in [-0.15, -0.1) is 0 Å². The van der Waals surface area contributed by atoms with Gasteiger partial charge in [0.1, 0.15) is 6.54 Å². The van der Waals surface area contributed by atoms with Gasteiger partial charge in [-0.25, -0.2) is 4.79 Å². The van der Waals surface area contributed by atoms with E-state index in [1.807, 2.05) is 18.2 Å². The standard InChI is InChI=1S/C18H25N3O4/c1-3-25-18(24)20-11-9-15(10-12-20)19-17(23)13-21(14(2)22)16-7-5-4-6-8-16/h4-8,15H,3,9-13H2,1-2H3,(H,19,23). The zero-order valence-corrected chi connectivity index (χ0v) is 14.7. The predicted molar refractivity (Wildman–Crippen MR) is 94.2 cm³/mol. The zero-order chi connectivity index (χ0) is 18.2. The molecule has 3 amide bonds. The maximum absolute atomic E-state index is 12.3. The number of piperidine rings is 1. The molecule has 0 bridgehead atoms. The van der Waals surface area contributed by atoms with Crippen LogP contribution in [0.5, 0.6) is 0 Å². The van der Waals surface area contributed by atoms with Crippen LogP contribution in [0.2, 0.25) is 0 Å². The molecule has 0 atom stereocenters. The molecule has 1 fully saturated rings. The highest BCUT2D eigenvalue weighted by atomic mass is 16.6. The Balaban J connectivity index is 1.84. The Morgan fingerprint density at radius 2 is 1.84 bits per heavy atom. The molecule has 1 heterocycles. The van der Waals surface area contributed by atoms with Gasteiger partial charge in [0.05, 0.1) is 6.61 Å². The molecule has 1 aromatic rings. The third-order valence-electron chi connectivity index (χ3n) is 4.14. The number of anilines is 1. The van der Waals surface area contributed by atoms with Crippen molar-refractivity contribution < 1.29 is 19.1 Å². The van der Waals surface area contributed by atoms with Crippen LogP contribution in [-0.2, 0) is 14.3 Å². The molecular weight excluding hydrogens is 322 g/mol. The highest BCUT2D eigenvalue weighted by molar-refractivity contribution is 5.97. The molecule has 1 N–H and O–H groups in total. The lowest BCUT2D eigenvalue weighted by molar-refractivity contribution is -0.123. The fraction of sp³-hybridized carbons (Fsp3) is 0.500. The van der Waals surface area contributed by atoms with E-state index < -0.39 is 0 Å². The first-order valence-corrected chi connectivity index (χ1v) is 8.55. The van der Waals surface area contributed by atoms with E-state index in [0.717, 1.165) is 0 Å². The van der Waals surface area contributed by atoms with E-state index >= 15 is 0 Å². The Morgan fingerprint density at radius 1 is 1.20 bits per heavy atom. The summed E-state index contributed by atoms with van der Waals surface area (Å²) < 4.78 is 4.98. The molecule has 1 saturated heterocycles. The minimum absolute atomic E-state index is 0.00255. The Labute approximate surface area is 147 Å². The third kappa shape index (κ3) is 5.48. The number of likely N-dealkylation sites (tertiary alicyclic amines) is 1. The summed E-state index contributed by atoms with van der Waals surface area (Å²) in [4.78, 5) is 38.9. The van der Waals surface area contributed by atoms with Crippen LogP contribution in [0.3, 0.4) is 0 Å². The van der Waals surface area contributed by atoms with Crippen molar-refractivity contribution >= 4 is 23.6 Å². The minimum atomic E-state index is -0.306. The van der Waals surface area contributed by atoms with Gasteiger partial charge in [-0.3, -0.25) is 9.59 Å². The number of ether oxygens (including phenoxy) is 1. The Kier molecular flexibility index (Phi) is 6.80. The average Bonchev–Trinajstić information content (AvgIpc) is 2.61. The van der Waals surface area contributed by atoms with Crippen molar-refractivity contribution in [3.63, 3.8) is 0 Å². The second kappa shape index (κ2) is 9.05. The minimum Gasteiger partial charge on any atom is -0.450 e. The van der Waals surface area contributed by atoms with E-state index in [4.69, 9.17) is 4.74 Å². The maximum Gasteiger partial charge on any atom is 0.409 e. The monoisotopic (exact) mass is 347 g/mol. The van der Waals surface area contributed by atoms with Crippen LogP contribution in [0, 0.1) is 0 Å². The van der Waals surface area contributed by atoms with E-state index in [-0.39, 0.29) is 30.5 Å². The summed E-state index contributed by atoms with van der Waals surface area (Å²) in [6, 6.07) is 9.11. The SMILES string of the molecule is CCOC(=O)N1CCC(NC(=O)CN(C(C)=O)c2ccccc2)CC1. The smallest absolute Gasteiger partial charge is 0.409 e. The highest BCUT2D eigenvalue weighted by Crippen LogP contribution is 2.14. The normalized spacial score (nSPS) is 14.7. The molecule has 7 nitrogen and oxygen atoms in total. The van der Waals surface area contributed by atoms with Gasteiger partial charge < -0.3 is 19.9 Å². The number of benzene rings is 1. The van der Waals surface area contributed by atoms with Crippen molar-refractivity contribution in [3.8, 4) is 0 Å². The van der Waals surface area contributed by atoms with E-state index in [1.165, 1.54) is 11.8 Å². The van der Waals surface area contributed by atoms with Gasteiger partial charge in [0.2, 0.25) is 11.8 Å². The predicted octanol–water partition coefficient (Wildman–Crippen LogP) is 1.78. The first-order chi connectivity index (χ1) is 12.0. The number of hydrogen-bond donors (Lipinski definition) is 1. The summed E-state index contributed by atoms with van der Waals surface area (Å²) in [6.07, 6.45) is 1.05. The lowest BCUT2D eigenvalue weighted by atomic mass is 10.1. The van der Waals surface area contributed by atoms with Crippen LogP contribution < -0.4 is 10.2 Å². The van der Waals surface area contributed by atoms with Gasteiger partial charge in [-0.1, -0.05) is 18.2 Å². The second-order valence-electron chi connectivity index (χ2n) is 5.97. The largest absolute Gasteiger partial charge is 0.450 e. The summed E-state index contributed by atoms with van der Waals surface area (Å²) in [5, 5.41) is 2.95. The molecule has 0 aliphatic carbocycles. The molecule has 0 spiro atoms. The summed E-state index contributed by atoms with van der Waals surface area (Å²) in [5.41, 5.74) is 0.697. The zero-order valence-electron chi connectivity index (χ0n) is 14.7. The number of rotatable bonds is 5. The number of nitrogens with zero attached hydrogens (tertiary/aromatic N) is 2. The number of amides is 3. The number of nitrogens with one attached hydrogen (secondary N) is 1. The lowest BCUT2D eigenvalue weighted by Crippen LogP contribution is -2.49. The molecular formula is C18H25N3O4. The Bertz CT molecular complexity index is 598. The van der Waals surface area contributed by atoms with Crippen molar-refractivity contribution in [2.45, 2.75) is 32.7 Å². The van der Waals surface area contributed by atoms with E-state index in [1.54, 1.807) is 24.0 Å². The molecule has 2 rings (SSSR count). The van der Waals surface area contributed by atoms with Gasteiger partial charge in [0.15, 0.2) is 0 Å². The molecule has 1 aliphatic rings. The summed E-state index contributed by atoms with van der Waals surface area (Å²) in [6.45, 7) is 4.67. The summed E-state index contributed by atoms with van der Waals surface area (Å²) in [5.74, 6) is -0.382. The molecule has 0 aromatic heterocycles. The average molecular weight is 347 g/mol. The van der Waals surface area contributed by atoms with Crippen LogP contribution in [0.1, 0.15) is 26.7 Å². The van der Waals surface area contributed by atoms with Gasteiger partial charge in [-0.2, -0.15) is 0 Å². The van der Waals surface area contributed by atoms with Crippen molar-refractivity contribution in [2.75, 3.05) is 31.1 Å². The number of para-hydroxylation sites is 1. The molecule has 0 radical (unpaired) electrons. The van der Waals surface area contributed by atoms with E-state index in [2.05, 4.69) is 5.32 Å². The van der Waals surface area contributed by atoms with Gasteiger partial charge in [0, 0.05) is 31.7 Å². The van der Waals surface area contributed by atoms with Crippen LogP contribution in [0.4, 0.5) is 10.5 Å². The van der Waals surface area contributed by atoms with Gasteiger partial charge in [-0.05, 0) is 31.9 Å². The van der Waals surface area contributed by atoms with Crippen molar-refractivity contribution in [3.05, 3.63) is 30.3 Å². The fourth-order valence-electron chi connectivity index (χ4n) is 2.83.